The summed E-state index contributed by atoms with van der Waals surface area (Å²) in [5, 5.41) is 9.22. The van der Waals surface area contributed by atoms with Crippen LogP contribution in [0.2, 0.25) is 0 Å². The average molecular weight is 335 g/mol. The summed E-state index contributed by atoms with van der Waals surface area (Å²) in [5.41, 5.74) is 5.06. The monoisotopic (exact) mass is 335 g/mol. The molecule has 2 fully saturated rings. The van der Waals surface area contributed by atoms with Crippen LogP contribution in [-0.2, 0) is 11.3 Å². The van der Waals surface area contributed by atoms with Crippen LogP contribution in [0.15, 0.2) is 11.0 Å². The quantitative estimate of drug-likeness (QED) is 0.752. The molecule has 3 atom stereocenters. The molecule has 3 aliphatic rings. The zero-order chi connectivity index (χ0) is 17.2. The van der Waals surface area contributed by atoms with Crippen molar-refractivity contribution in [1.29, 1.82) is 0 Å². The summed E-state index contributed by atoms with van der Waals surface area (Å²) in [4.78, 5) is 38.1. The van der Waals surface area contributed by atoms with Crippen molar-refractivity contribution in [3.8, 4) is 5.75 Å². The minimum atomic E-state index is -1.39. The fraction of sp³-hybridized carbons (Fsp3) is 0.533. The molecule has 9 nitrogen and oxygen atoms in total. The number of aromatic nitrogens is 1. The van der Waals surface area contributed by atoms with Gasteiger partial charge in [0, 0.05) is 12.2 Å². The Bertz CT molecular complexity index is 818. The maximum atomic E-state index is 13.0. The zero-order valence-corrected chi connectivity index (χ0v) is 13.0. The van der Waals surface area contributed by atoms with Gasteiger partial charge in [0.15, 0.2) is 11.4 Å². The smallest absolute Gasteiger partial charge is 0.341 e. The first kappa shape index (κ1) is 15.2. The lowest BCUT2D eigenvalue weighted by Crippen LogP contribution is -2.70. The Morgan fingerprint density at radius 1 is 1.46 bits per heavy atom. The lowest BCUT2D eigenvalue weighted by molar-refractivity contribution is -0.210. The number of carbonyl (C=O) groups is 2. The number of hydrogen-bond donors (Lipinski definition) is 2. The molecule has 1 saturated carbocycles. The van der Waals surface area contributed by atoms with Crippen molar-refractivity contribution in [2.45, 2.75) is 43.8 Å². The van der Waals surface area contributed by atoms with Gasteiger partial charge in [0.2, 0.25) is 11.3 Å². The topological polar surface area (TPSA) is 124 Å². The van der Waals surface area contributed by atoms with Crippen molar-refractivity contribution in [3.05, 3.63) is 27.7 Å². The number of carboxylic acid groups (broad SMARTS) is 1. The third kappa shape index (κ3) is 1.85. The average Bonchev–Trinajstić information content (AvgIpc) is 2.89. The van der Waals surface area contributed by atoms with Gasteiger partial charge in [0.25, 0.3) is 5.91 Å². The van der Waals surface area contributed by atoms with Gasteiger partial charge < -0.3 is 19.1 Å². The second-order valence-corrected chi connectivity index (χ2v) is 6.41. The Balaban J connectivity index is 1.93. The molecule has 1 aromatic heterocycles. The highest BCUT2D eigenvalue weighted by Crippen LogP contribution is 2.42. The fourth-order valence-electron chi connectivity index (χ4n) is 4.05. The van der Waals surface area contributed by atoms with Gasteiger partial charge in [-0.05, 0) is 19.3 Å². The SMILES string of the molecule is COc1c2n(cc(C(=O)O)c1=O)C[C@@]1(N)O[C@@H]3CC[C@@H](C3)N1C2=O. The highest BCUT2D eigenvalue weighted by atomic mass is 16.5. The van der Waals surface area contributed by atoms with Crippen molar-refractivity contribution >= 4 is 11.9 Å². The molecule has 2 aliphatic heterocycles. The van der Waals surface area contributed by atoms with E-state index < -0.39 is 28.7 Å². The molecule has 1 amide bonds. The van der Waals surface area contributed by atoms with E-state index in [0.717, 1.165) is 19.0 Å². The summed E-state index contributed by atoms with van der Waals surface area (Å²) in [6.45, 7) is 0.0397. The normalized spacial score (nSPS) is 30.8. The van der Waals surface area contributed by atoms with E-state index in [9.17, 15) is 19.5 Å². The number of carboxylic acids is 1. The van der Waals surface area contributed by atoms with Crippen LogP contribution in [0.5, 0.6) is 5.75 Å². The second kappa shape index (κ2) is 4.81. The first-order valence-corrected chi connectivity index (χ1v) is 7.71. The van der Waals surface area contributed by atoms with E-state index in [1.807, 2.05) is 0 Å². The Labute approximate surface area is 136 Å². The van der Waals surface area contributed by atoms with E-state index in [0.29, 0.717) is 6.42 Å². The van der Waals surface area contributed by atoms with Gasteiger partial charge in [-0.2, -0.15) is 0 Å². The maximum Gasteiger partial charge on any atom is 0.341 e. The highest BCUT2D eigenvalue weighted by molar-refractivity contribution is 5.98. The highest BCUT2D eigenvalue weighted by Gasteiger charge is 2.55. The minimum Gasteiger partial charge on any atom is -0.491 e. The van der Waals surface area contributed by atoms with Gasteiger partial charge >= 0.3 is 5.97 Å². The standard InChI is InChI=1S/C15H17N3O6/c1-23-12-10-13(20)18-7-2-3-8(4-7)24-15(18,16)6-17(10)5-9(11(12)19)14(21)22/h5,7-8H,2-4,6,16H2,1H3,(H,21,22)/t7-,8+,15-/m0/s1. The maximum absolute atomic E-state index is 13.0. The lowest BCUT2D eigenvalue weighted by Gasteiger charge is -2.50. The summed E-state index contributed by atoms with van der Waals surface area (Å²) in [6, 6.07) is -0.0473. The van der Waals surface area contributed by atoms with Crippen molar-refractivity contribution in [2.24, 2.45) is 5.73 Å². The Morgan fingerprint density at radius 2 is 2.21 bits per heavy atom. The first-order valence-electron chi connectivity index (χ1n) is 7.71. The summed E-state index contributed by atoms with van der Waals surface area (Å²) < 4.78 is 12.3. The molecule has 1 aromatic rings. The number of ether oxygens (including phenoxy) is 2. The van der Waals surface area contributed by atoms with E-state index in [-0.39, 0.29) is 30.1 Å². The Hall–Kier alpha value is -2.39. The molecule has 24 heavy (non-hydrogen) atoms. The van der Waals surface area contributed by atoms with Gasteiger partial charge in [-0.3, -0.25) is 20.2 Å². The zero-order valence-electron chi connectivity index (χ0n) is 13.0. The number of fused-ring (bicyclic) bond motifs is 5. The molecule has 2 bridgehead atoms. The summed E-state index contributed by atoms with van der Waals surface area (Å²) in [6.07, 6.45) is 3.44. The number of nitrogens with two attached hydrogens (primary N) is 1. The number of methoxy groups -OCH3 is 1. The molecular formula is C15H17N3O6. The van der Waals surface area contributed by atoms with Crippen LogP contribution in [0.3, 0.4) is 0 Å². The second-order valence-electron chi connectivity index (χ2n) is 6.41. The van der Waals surface area contributed by atoms with Crippen LogP contribution in [0, 0.1) is 0 Å². The molecule has 3 N–H and O–H groups in total. The van der Waals surface area contributed by atoms with Gasteiger partial charge in [-0.25, -0.2) is 4.79 Å². The van der Waals surface area contributed by atoms with Crippen LogP contribution in [-0.4, -0.2) is 51.6 Å². The van der Waals surface area contributed by atoms with E-state index in [4.69, 9.17) is 15.2 Å². The van der Waals surface area contributed by atoms with E-state index >= 15 is 0 Å². The van der Waals surface area contributed by atoms with Gasteiger partial charge in [-0.1, -0.05) is 0 Å². The third-order valence-electron chi connectivity index (χ3n) is 4.99. The predicted octanol–water partition coefficient (Wildman–Crippen LogP) is -0.425. The largest absolute Gasteiger partial charge is 0.491 e. The van der Waals surface area contributed by atoms with E-state index in [2.05, 4.69) is 0 Å². The van der Waals surface area contributed by atoms with Crippen LogP contribution < -0.4 is 15.9 Å². The molecule has 0 unspecified atom stereocenters. The molecule has 9 heteroatoms. The number of pyridine rings is 1. The number of hydrogen-bond acceptors (Lipinski definition) is 6. The molecule has 1 saturated heterocycles. The molecule has 0 aromatic carbocycles. The number of carbonyl (C=O) groups excluding carboxylic acids is 1. The molecular weight excluding hydrogens is 318 g/mol. The van der Waals surface area contributed by atoms with Crippen LogP contribution in [0.4, 0.5) is 0 Å². The molecule has 0 spiro atoms. The van der Waals surface area contributed by atoms with Gasteiger partial charge in [-0.15, -0.1) is 0 Å². The van der Waals surface area contributed by atoms with Crippen LogP contribution in [0.25, 0.3) is 0 Å². The number of amides is 1. The number of rotatable bonds is 2. The van der Waals surface area contributed by atoms with Crippen molar-refractivity contribution in [3.63, 3.8) is 0 Å². The molecule has 0 radical (unpaired) electrons. The summed E-state index contributed by atoms with van der Waals surface area (Å²) in [7, 11) is 1.24. The van der Waals surface area contributed by atoms with Crippen molar-refractivity contribution in [1.82, 2.24) is 9.47 Å². The molecule has 3 heterocycles. The fourth-order valence-corrected chi connectivity index (χ4v) is 4.05. The number of aromatic carboxylic acids is 1. The van der Waals surface area contributed by atoms with Crippen molar-refractivity contribution < 1.29 is 24.2 Å². The lowest BCUT2D eigenvalue weighted by atomic mass is 10.0. The van der Waals surface area contributed by atoms with E-state index in [1.54, 1.807) is 0 Å². The summed E-state index contributed by atoms with van der Waals surface area (Å²) >= 11 is 0. The molecule has 1 aliphatic carbocycles. The van der Waals surface area contributed by atoms with Gasteiger partial charge in [0.1, 0.15) is 5.56 Å². The third-order valence-corrected chi connectivity index (χ3v) is 4.99. The van der Waals surface area contributed by atoms with Crippen LogP contribution >= 0.6 is 0 Å². The Kier molecular flexibility index (Phi) is 3.03. The molecule has 128 valence electrons. The van der Waals surface area contributed by atoms with E-state index in [1.165, 1.54) is 16.6 Å². The van der Waals surface area contributed by atoms with Gasteiger partial charge in [0.05, 0.1) is 19.8 Å². The molecule has 4 rings (SSSR count). The minimum absolute atomic E-state index is 0.00850. The predicted molar refractivity (Wildman–Crippen MR) is 79.8 cm³/mol. The Morgan fingerprint density at radius 3 is 2.88 bits per heavy atom. The first-order chi connectivity index (χ1) is 11.4. The van der Waals surface area contributed by atoms with Crippen molar-refractivity contribution in [2.75, 3.05) is 7.11 Å². The number of nitrogens with zero attached hydrogens (tertiary/aromatic N) is 2. The summed E-state index contributed by atoms with van der Waals surface area (Å²) in [5.74, 6) is -3.48. The van der Waals surface area contributed by atoms with Crippen LogP contribution in [0.1, 0.15) is 40.1 Å².